The molecule has 1 unspecified atom stereocenters. The second kappa shape index (κ2) is 10.8. The van der Waals surface area contributed by atoms with E-state index in [2.05, 4.69) is 28.5 Å². The number of carbonyl (C=O) groups excluding carboxylic acids is 1. The summed E-state index contributed by atoms with van der Waals surface area (Å²) in [7, 11) is 1.69. The second-order valence-corrected chi connectivity index (χ2v) is 8.81. The van der Waals surface area contributed by atoms with E-state index in [9.17, 15) is 10.1 Å². The van der Waals surface area contributed by atoms with E-state index < -0.39 is 0 Å². The minimum Gasteiger partial charge on any atom is -0.383 e. The molecule has 0 aliphatic carbocycles. The lowest BCUT2D eigenvalue weighted by Gasteiger charge is -2.34. The van der Waals surface area contributed by atoms with E-state index in [1.165, 1.54) is 0 Å². The summed E-state index contributed by atoms with van der Waals surface area (Å²) in [6.45, 7) is 10.3. The van der Waals surface area contributed by atoms with Crippen molar-refractivity contribution >= 4 is 23.6 Å². The maximum atomic E-state index is 13.1. The first-order chi connectivity index (χ1) is 15.3. The normalized spacial score (nSPS) is 16.1. The molecule has 1 atom stereocenters. The number of nitriles is 1. The topological polar surface area (TPSA) is 61.5 Å². The Hall–Kier alpha value is -2.59. The number of aryl methyl sites for hydroxylation is 1. The number of carbonyl (C=O) groups is 1. The van der Waals surface area contributed by atoms with Gasteiger partial charge in [-0.25, -0.2) is 0 Å². The molecule has 1 aromatic carbocycles. The summed E-state index contributed by atoms with van der Waals surface area (Å²) in [6, 6.07) is 12.2. The first-order valence-corrected chi connectivity index (χ1v) is 11.3. The van der Waals surface area contributed by atoms with E-state index in [1.807, 2.05) is 38.1 Å². The number of benzene rings is 1. The van der Waals surface area contributed by atoms with Gasteiger partial charge in [-0.2, -0.15) is 5.26 Å². The number of hydrogen-bond donors (Lipinski definition) is 0. The van der Waals surface area contributed by atoms with Crippen LogP contribution in [0, 0.1) is 25.2 Å². The largest absolute Gasteiger partial charge is 0.383 e. The average molecular weight is 455 g/mol. The fourth-order valence-corrected chi connectivity index (χ4v) is 4.63. The number of halogens is 1. The van der Waals surface area contributed by atoms with Gasteiger partial charge in [-0.05, 0) is 56.2 Å². The third kappa shape index (κ3) is 5.60. The van der Waals surface area contributed by atoms with Gasteiger partial charge in [0.2, 0.25) is 0 Å². The molecular formula is C25H31ClN4O2. The molecule has 1 aliphatic rings. The highest BCUT2D eigenvalue weighted by molar-refractivity contribution is 6.30. The monoisotopic (exact) mass is 454 g/mol. The first kappa shape index (κ1) is 24.1. The molecule has 3 rings (SSSR count). The molecule has 1 saturated heterocycles. The third-order valence-corrected chi connectivity index (χ3v) is 6.21. The average Bonchev–Trinajstić information content (AvgIpc) is 3.05. The van der Waals surface area contributed by atoms with E-state index in [0.717, 1.165) is 47.2 Å². The maximum Gasteiger partial charge on any atom is 0.264 e. The standard InChI is InChI=1S/C25H31ClN4O2/c1-18-12-22(20(3)30(18)19(2)17-32-4)14-23(15-27)25(31)29-10-8-28(9-11-29)16-21-6-5-7-24(26)13-21/h5-7,12-14,19H,8-11,16-17H2,1-4H3/b23-14+. The quantitative estimate of drug-likeness (QED) is 0.464. The fraction of sp³-hybridized carbons (Fsp3) is 0.440. The van der Waals surface area contributed by atoms with Gasteiger partial charge in [-0.15, -0.1) is 0 Å². The van der Waals surface area contributed by atoms with Crippen LogP contribution in [-0.4, -0.2) is 60.2 Å². The number of piperazine rings is 1. The SMILES string of the molecule is COCC(C)n1c(C)cc(/C=C(\C#N)C(=O)N2CCN(Cc3cccc(Cl)c3)CC2)c1C. The van der Waals surface area contributed by atoms with Crippen LogP contribution in [0.15, 0.2) is 35.9 Å². The number of hydrogen-bond acceptors (Lipinski definition) is 4. The van der Waals surface area contributed by atoms with Crippen LogP contribution in [0.4, 0.5) is 0 Å². The van der Waals surface area contributed by atoms with Gasteiger partial charge in [0.1, 0.15) is 11.6 Å². The predicted octanol–water partition coefficient (Wildman–Crippen LogP) is 4.22. The second-order valence-electron chi connectivity index (χ2n) is 8.37. The van der Waals surface area contributed by atoms with Crippen LogP contribution in [0.1, 0.15) is 35.5 Å². The summed E-state index contributed by atoms with van der Waals surface area (Å²) in [5.41, 5.74) is 4.34. The highest BCUT2D eigenvalue weighted by atomic mass is 35.5. The number of methoxy groups -OCH3 is 1. The molecule has 1 fully saturated rings. The van der Waals surface area contributed by atoms with E-state index >= 15 is 0 Å². The van der Waals surface area contributed by atoms with E-state index in [0.29, 0.717) is 19.7 Å². The Morgan fingerprint density at radius 3 is 2.59 bits per heavy atom. The number of aromatic nitrogens is 1. The number of amides is 1. The molecule has 7 heteroatoms. The smallest absolute Gasteiger partial charge is 0.264 e. The minimum absolute atomic E-state index is 0.174. The molecule has 2 heterocycles. The zero-order valence-electron chi connectivity index (χ0n) is 19.3. The van der Waals surface area contributed by atoms with Crippen molar-refractivity contribution in [1.82, 2.24) is 14.4 Å². The maximum absolute atomic E-state index is 13.1. The zero-order chi connectivity index (χ0) is 23.3. The summed E-state index contributed by atoms with van der Waals surface area (Å²) in [5.74, 6) is -0.204. The van der Waals surface area contributed by atoms with E-state index in [4.69, 9.17) is 16.3 Å². The lowest BCUT2D eigenvalue weighted by molar-refractivity contribution is -0.128. The van der Waals surface area contributed by atoms with Gasteiger partial charge < -0.3 is 14.2 Å². The molecule has 170 valence electrons. The molecule has 0 bridgehead atoms. The highest BCUT2D eigenvalue weighted by Gasteiger charge is 2.24. The number of nitrogens with zero attached hydrogens (tertiary/aromatic N) is 4. The van der Waals surface area contributed by atoms with Gasteiger partial charge in [-0.1, -0.05) is 23.7 Å². The van der Waals surface area contributed by atoms with Crippen molar-refractivity contribution in [2.75, 3.05) is 39.9 Å². The fourth-order valence-electron chi connectivity index (χ4n) is 4.41. The zero-order valence-corrected chi connectivity index (χ0v) is 20.0. The number of ether oxygens (including phenoxy) is 1. The van der Waals surface area contributed by atoms with Crippen LogP contribution in [0.2, 0.25) is 5.02 Å². The molecule has 1 aliphatic heterocycles. The summed E-state index contributed by atoms with van der Waals surface area (Å²) in [5, 5.41) is 10.4. The van der Waals surface area contributed by atoms with Gasteiger partial charge in [0.25, 0.3) is 5.91 Å². The van der Waals surface area contributed by atoms with Crippen LogP contribution in [0.25, 0.3) is 6.08 Å². The van der Waals surface area contributed by atoms with Gasteiger partial charge >= 0.3 is 0 Å². The third-order valence-electron chi connectivity index (χ3n) is 5.98. The molecule has 0 radical (unpaired) electrons. The van der Waals surface area contributed by atoms with Gasteiger partial charge in [0, 0.05) is 56.2 Å². The Morgan fingerprint density at radius 2 is 1.97 bits per heavy atom. The summed E-state index contributed by atoms with van der Waals surface area (Å²) < 4.78 is 7.47. The van der Waals surface area contributed by atoms with Crippen molar-refractivity contribution < 1.29 is 9.53 Å². The minimum atomic E-state index is -0.204. The van der Waals surface area contributed by atoms with E-state index in [1.54, 1.807) is 18.1 Å². The summed E-state index contributed by atoms with van der Waals surface area (Å²) in [6.07, 6.45) is 1.72. The summed E-state index contributed by atoms with van der Waals surface area (Å²) >= 11 is 6.08. The highest BCUT2D eigenvalue weighted by Crippen LogP contribution is 2.23. The molecule has 0 N–H and O–H groups in total. The van der Waals surface area contributed by atoms with Crippen LogP contribution in [0.5, 0.6) is 0 Å². The Labute approximate surface area is 195 Å². The molecule has 1 aromatic heterocycles. The van der Waals surface area contributed by atoms with E-state index in [-0.39, 0.29) is 17.5 Å². The van der Waals surface area contributed by atoms with Crippen molar-refractivity contribution in [2.24, 2.45) is 0 Å². The lowest BCUT2D eigenvalue weighted by Crippen LogP contribution is -2.48. The first-order valence-electron chi connectivity index (χ1n) is 10.9. The summed E-state index contributed by atoms with van der Waals surface area (Å²) in [4.78, 5) is 17.1. The Morgan fingerprint density at radius 1 is 1.25 bits per heavy atom. The predicted molar refractivity (Wildman–Crippen MR) is 127 cm³/mol. The Balaban J connectivity index is 1.67. The van der Waals surface area contributed by atoms with Crippen LogP contribution in [-0.2, 0) is 16.1 Å². The molecular weight excluding hydrogens is 424 g/mol. The Bertz CT molecular complexity index is 1030. The van der Waals surface area contributed by atoms with Gasteiger partial charge in [0.15, 0.2) is 0 Å². The molecule has 0 spiro atoms. The Kier molecular flexibility index (Phi) is 8.14. The van der Waals surface area contributed by atoms with Crippen molar-refractivity contribution in [1.29, 1.82) is 5.26 Å². The molecule has 32 heavy (non-hydrogen) atoms. The molecule has 1 amide bonds. The molecule has 2 aromatic rings. The van der Waals surface area contributed by atoms with Crippen molar-refractivity contribution in [3.8, 4) is 6.07 Å². The van der Waals surface area contributed by atoms with Gasteiger partial charge in [-0.3, -0.25) is 9.69 Å². The van der Waals surface area contributed by atoms with Crippen molar-refractivity contribution in [2.45, 2.75) is 33.4 Å². The van der Waals surface area contributed by atoms with Gasteiger partial charge in [0.05, 0.1) is 12.6 Å². The van der Waals surface area contributed by atoms with Crippen LogP contribution >= 0.6 is 11.6 Å². The van der Waals surface area contributed by atoms with Crippen LogP contribution < -0.4 is 0 Å². The number of rotatable bonds is 7. The van der Waals surface area contributed by atoms with Crippen LogP contribution in [0.3, 0.4) is 0 Å². The molecule has 6 nitrogen and oxygen atoms in total. The molecule has 0 saturated carbocycles. The van der Waals surface area contributed by atoms with Crippen molar-refractivity contribution in [3.05, 3.63) is 63.4 Å². The lowest BCUT2D eigenvalue weighted by atomic mass is 10.1. The van der Waals surface area contributed by atoms with Crippen molar-refractivity contribution in [3.63, 3.8) is 0 Å².